The fourth-order valence-corrected chi connectivity index (χ4v) is 0.448. The Bertz CT molecular complexity index is 185. The fraction of sp³-hybridized carbons (Fsp3) is 0.500. The molecule has 0 fully saturated rings. The fourth-order valence-electron chi connectivity index (χ4n) is 0.448. The Labute approximate surface area is 69.5 Å². The van der Waals surface area contributed by atoms with Crippen molar-refractivity contribution in [3.05, 3.63) is 23.4 Å². The van der Waals surface area contributed by atoms with E-state index in [9.17, 15) is 0 Å². The lowest BCUT2D eigenvalue weighted by atomic mass is 10.2. The minimum Gasteiger partial charge on any atom is -0.265 e. The first-order chi connectivity index (χ1) is 5.20. The van der Waals surface area contributed by atoms with Gasteiger partial charge in [0, 0.05) is 12.4 Å². The Morgan fingerprint density at radius 1 is 1.36 bits per heavy atom. The summed E-state index contributed by atoms with van der Waals surface area (Å²) in [5.41, 5.74) is 2.51. The Kier molecular flexibility index (Phi) is 5.44. The third-order valence-corrected chi connectivity index (χ3v) is 1.59. The van der Waals surface area contributed by atoms with Crippen molar-refractivity contribution in [2.24, 2.45) is 4.99 Å². The molecular formula is C10H17N. The summed E-state index contributed by atoms with van der Waals surface area (Å²) in [5, 5.41) is 0. The van der Waals surface area contributed by atoms with Crippen molar-refractivity contribution in [3.8, 4) is 0 Å². The van der Waals surface area contributed by atoms with Crippen LogP contribution in [-0.2, 0) is 0 Å². The SMILES string of the molecule is C\C=C(C)/C=N/C=C(\C)CC. The molecule has 0 radical (unpaired) electrons. The molecule has 0 heterocycles. The molecule has 0 atom stereocenters. The summed E-state index contributed by atoms with van der Waals surface area (Å²) in [4.78, 5) is 4.16. The molecule has 0 saturated carbocycles. The van der Waals surface area contributed by atoms with Crippen LogP contribution in [0.4, 0.5) is 0 Å². The largest absolute Gasteiger partial charge is 0.265 e. The van der Waals surface area contributed by atoms with Gasteiger partial charge in [-0.25, -0.2) is 0 Å². The van der Waals surface area contributed by atoms with Gasteiger partial charge in [0.15, 0.2) is 0 Å². The Morgan fingerprint density at radius 2 is 2.00 bits per heavy atom. The highest BCUT2D eigenvalue weighted by Gasteiger charge is 1.79. The van der Waals surface area contributed by atoms with Crippen LogP contribution in [0, 0.1) is 0 Å². The summed E-state index contributed by atoms with van der Waals surface area (Å²) in [6.45, 7) is 8.27. The number of allylic oxidation sites excluding steroid dienone is 3. The van der Waals surface area contributed by atoms with Crippen molar-refractivity contribution in [3.63, 3.8) is 0 Å². The van der Waals surface area contributed by atoms with Gasteiger partial charge in [-0.2, -0.15) is 0 Å². The summed E-state index contributed by atoms with van der Waals surface area (Å²) in [6.07, 6.45) is 6.90. The van der Waals surface area contributed by atoms with Crippen LogP contribution >= 0.6 is 0 Å². The Hall–Kier alpha value is -0.850. The third-order valence-electron chi connectivity index (χ3n) is 1.59. The average Bonchev–Trinajstić information content (AvgIpc) is 2.04. The molecule has 11 heavy (non-hydrogen) atoms. The zero-order chi connectivity index (χ0) is 8.69. The van der Waals surface area contributed by atoms with Crippen molar-refractivity contribution in [2.45, 2.75) is 34.1 Å². The van der Waals surface area contributed by atoms with E-state index >= 15 is 0 Å². The number of nitrogens with zero attached hydrogens (tertiary/aromatic N) is 1. The second-order valence-corrected chi connectivity index (χ2v) is 2.64. The molecule has 0 N–H and O–H groups in total. The van der Waals surface area contributed by atoms with Crippen molar-refractivity contribution in [2.75, 3.05) is 0 Å². The standard InChI is InChI=1S/C10H17N/c1-5-9(3)7-11-8-10(4)6-2/h5,7-8H,6H2,1-4H3/b9-5-,10-8+,11-7+. The molecule has 1 nitrogen and oxygen atoms in total. The molecule has 1 heteroatoms. The van der Waals surface area contributed by atoms with Crippen LogP contribution in [-0.4, -0.2) is 6.21 Å². The van der Waals surface area contributed by atoms with Gasteiger partial charge in [-0.05, 0) is 32.8 Å². The molecule has 0 unspecified atom stereocenters. The first-order valence-electron chi connectivity index (χ1n) is 4.02. The molecule has 0 saturated heterocycles. The molecule has 0 spiro atoms. The predicted octanol–water partition coefficient (Wildman–Crippen LogP) is 3.34. The monoisotopic (exact) mass is 151 g/mol. The van der Waals surface area contributed by atoms with Crippen LogP contribution in [0.25, 0.3) is 0 Å². The van der Waals surface area contributed by atoms with E-state index in [0.717, 1.165) is 6.42 Å². The highest BCUT2D eigenvalue weighted by atomic mass is 14.7. The maximum atomic E-state index is 4.16. The molecule has 0 bridgehead atoms. The number of hydrogen-bond donors (Lipinski definition) is 0. The second kappa shape index (κ2) is 5.90. The van der Waals surface area contributed by atoms with Gasteiger partial charge in [0.05, 0.1) is 0 Å². The van der Waals surface area contributed by atoms with Gasteiger partial charge in [0.25, 0.3) is 0 Å². The molecule has 0 aliphatic heterocycles. The van der Waals surface area contributed by atoms with Crippen LogP contribution in [0.15, 0.2) is 28.4 Å². The van der Waals surface area contributed by atoms with Crippen molar-refractivity contribution < 1.29 is 0 Å². The summed E-state index contributed by atoms with van der Waals surface area (Å²) in [6, 6.07) is 0. The topological polar surface area (TPSA) is 12.4 Å². The number of hydrogen-bond acceptors (Lipinski definition) is 1. The van der Waals surface area contributed by atoms with Gasteiger partial charge in [-0.15, -0.1) is 0 Å². The third kappa shape index (κ3) is 5.59. The van der Waals surface area contributed by atoms with Crippen molar-refractivity contribution >= 4 is 6.21 Å². The first kappa shape index (κ1) is 10.2. The molecule has 0 aromatic heterocycles. The second-order valence-electron chi connectivity index (χ2n) is 2.64. The van der Waals surface area contributed by atoms with Gasteiger partial charge in [-0.3, -0.25) is 4.99 Å². The number of rotatable bonds is 3. The van der Waals surface area contributed by atoms with E-state index in [1.165, 1.54) is 11.1 Å². The van der Waals surface area contributed by atoms with Crippen molar-refractivity contribution in [1.29, 1.82) is 0 Å². The molecule has 0 aromatic carbocycles. The van der Waals surface area contributed by atoms with E-state index in [-0.39, 0.29) is 0 Å². The predicted molar refractivity (Wildman–Crippen MR) is 52.0 cm³/mol. The van der Waals surface area contributed by atoms with Crippen LogP contribution in [0.2, 0.25) is 0 Å². The summed E-state index contributed by atoms with van der Waals surface area (Å²) in [5.74, 6) is 0. The van der Waals surface area contributed by atoms with Gasteiger partial charge in [0.1, 0.15) is 0 Å². The lowest BCUT2D eigenvalue weighted by Crippen LogP contribution is -1.75. The molecule has 0 amide bonds. The van der Waals surface area contributed by atoms with E-state index in [4.69, 9.17) is 0 Å². The lowest BCUT2D eigenvalue weighted by molar-refractivity contribution is 1.09. The number of aliphatic imine (C=N–C) groups is 1. The quantitative estimate of drug-likeness (QED) is 0.548. The zero-order valence-corrected chi connectivity index (χ0v) is 7.89. The lowest BCUT2D eigenvalue weighted by Gasteiger charge is -1.89. The summed E-state index contributed by atoms with van der Waals surface area (Å²) in [7, 11) is 0. The van der Waals surface area contributed by atoms with Crippen LogP contribution in [0.5, 0.6) is 0 Å². The maximum absolute atomic E-state index is 4.16. The van der Waals surface area contributed by atoms with E-state index in [1.807, 2.05) is 32.3 Å². The van der Waals surface area contributed by atoms with E-state index in [0.29, 0.717) is 0 Å². The van der Waals surface area contributed by atoms with Gasteiger partial charge < -0.3 is 0 Å². The van der Waals surface area contributed by atoms with E-state index < -0.39 is 0 Å². The Balaban J connectivity index is 3.96. The van der Waals surface area contributed by atoms with E-state index in [1.54, 1.807) is 0 Å². The van der Waals surface area contributed by atoms with Gasteiger partial charge in [0.2, 0.25) is 0 Å². The molecule has 0 aliphatic carbocycles. The molecule has 0 aliphatic rings. The van der Waals surface area contributed by atoms with Gasteiger partial charge in [-0.1, -0.05) is 18.6 Å². The summed E-state index contributed by atoms with van der Waals surface area (Å²) >= 11 is 0. The molecule has 0 aromatic rings. The molecule has 0 rings (SSSR count). The highest BCUT2D eigenvalue weighted by molar-refractivity contribution is 5.77. The zero-order valence-electron chi connectivity index (χ0n) is 7.89. The molecular weight excluding hydrogens is 134 g/mol. The van der Waals surface area contributed by atoms with E-state index in [2.05, 4.69) is 18.8 Å². The first-order valence-corrected chi connectivity index (χ1v) is 4.02. The normalized spacial score (nSPS) is 14.5. The van der Waals surface area contributed by atoms with Crippen LogP contribution in [0.1, 0.15) is 34.1 Å². The molecule has 62 valence electrons. The maximum Gasteiger partial charge on any atom is 0.0293 e. The van der Waals surface area contributed by atoms with Crippen molar-refractivity contribution in [1.82, 2.24) is 0 Å². The Morgan fingerprint density at radius 3 is 2.45 bits per heavy atom. The average molecular weight is 151 g/mol. The highest BCUT2D eigenvalue weighted by Crippen LogP contribution is 1.97. The van der Waals surface area contributed by atoms with Gasteiger partial charge >= 0.3 is 0 Å². The smallest absolute Gasteiger partial charge is 0.0293 e. The van der Waals surface area contributed by atoms with Crippen LogP contribution in [0.3, 0.4) is 0 Å². The minimum atomic E-state index is 1.08. The summed E-state index contributed by atoms with van der Waals surface area (Å²) < 4.78 is 0. The minimum absolute atomic E-state index is 1.08. The van der Waals surface area contributed by atoms with Crippen LogP contribution < -0.4 is 0 Å².